The van der Waals surface area contributed by atoms with Gasteiger partial charge in [-0.15, -0.1) is 0 Å². The van der Waals surface area contributed by atoms with Crippen LogP contribution in [0.25, 0.3) is 0 Å². The van der Waals surface area contributed by atoms with Crippen LogP contribution in [0.15, 0.2) is 70.2 Å². The van der Waals surface area contributed by atoms with E-state index in [0.29, 0.717) is 32.7 Å². The van der Waals surface area contributed by atoms with Gasteiger partial charge in [-0.1, -0.05) is 12.1 Å². The molecule has 1 aliphatic heterocycles. The van der Waals surface area contributed by atoms with Crippen LogP contribution in [-0.4, -0.2) is 32.3 Å². The Morgan fingerprint density at radius 3 is 2.59 bits per heavy atom. The van der Waals surface area contributed by atoms with Gasteiger partial charge >= 0.3 is 0 Å². The van der Waals surface area contributed by atoms with Gasteiger partial charge < -0.3 is 14.4 Å². The molecule has 3 aromatic carbocycles. The fourth-order valence-corrected chi connectivity index (χ4v) is 4.16. The van der Waals surface area contributed by atoms with E-state index in [1.54, 1.807) is 24.3 Å². The van der Waals surface area contributed by atoms with Crippen molar-refractivity contribution in [3.8, 4) is 11.5 Å². The first-order valence-electron chi connectivity index (χ1n) is 11.0. The summed E-state index contributed by atoms with van der Waals surface area (Å²) in [5.74, 6) is 0.385. The fraction of sp³-hybridized carbons (Fsp3) is 0.231. The van der Waals surface area contributed by atoms with Gasteiger partial charge in [0.05, 0.1) is 13.3 Å². The van der Waals surface area contributed by atoms with Crippen molar-refractivity contribution >= 4 is 33.7 Å². The van der Waals surface area contributed by atoms with Crippen LogP contribution in [0.3, 0.4) is 0 Å². The Labute approximate surface area is 206 Å². The third kappa shape index (κ3) is 5.94. The minimum Gasteiger partial charge on any atom is -0.493 e. The summed E-state index contributed by atoms with van der Waals surface area (Å²) in [4.78, 5) is 14.8. The topological polar surface area (TPSA) is 63.2 Å². The van der Waals surface area contributed by atoms with E-state index >= 15 is 0 Å². The van der Waals surface area contributed by atoms with Crippen LogP contribution >= 0.6 is 15.9 Å². The number of carbonyl (C=O) groups excluding carboxylic acids is 1. The monoisotopic (exact) mass is 525 g/mol. The zero-order chi connectivity index (χ0) is 23.9. The minimum atomic E-state index is -0.314. The lowest BCUT2D eigenvalue weighted by atomic mass is 10.2. The number of hydrogen-bond acceptors (Lipinski definition) is 5. The predicted octanol–water partition coefficient (Wildman–Crippen LogP) is 5.54. The maximum absolute atomic E-state index is 13.4. The molecule has 0 radical (unpaired) electrons. The van der Waals surface area contributed by atoms with E-state index in [-0.39, 0.29) is 18.3 Å². The first kappa shape index (κ1) is 23.8. The summed E-state index contributed by atoms with van der Waals surface area (Å²) in [5.41, 5.74) is 5.63. The van der Waals surface area contributed by atoms with Gasteiger partial charge in [0.25, 0.3) is 5.91 Å². The molecule has 1 saturated heterocycles. The number of hydrazone groups is 1. The summed E-state index contributed by atoms with van der Waals surface area (Å²) in [5, 5.41) is 4.08. The fourth-order valence-electron chi connectivity index (χ4n) is 3.73. The van der Waals surface area contributed by atoms with Gasteiger partial charge in [0.15, 0.2) is 11.5 Å². The van der Waals surface area contributed by atoms with E-state index in [1.165, 1.54) is 38.3 Å². The first-order valence-corrected chi connectivity index (χ1v) is 11.8. The molecular weight excluding hydrogens is 501 g/mol. The molecule has 176 valence electrons. The number of rotatable bonds is 8. The second kappa shape index (κ2) is 11.2. The van der Waals surface area contributed by atoms with Crippen LogP contribution in [0.5, 0.6) is 11.5 Å². The molecule has 1 fully saturated rings. The van der Waals surface area contributed by atoms with Gasteiger partial charge in [-0.2, -0.15) is 5.10 Å². The Bertz CT molecular complexity index is 1180. The molecule has 3 aromatic rings. The summed E-state index contributed by atoms with van der Waals surface area (Å²) in [6.07, 6.45) is 3.94. The maximum atomic E-state index is 13.4. The zero-order valence-corrected chi connectivity index (χ0v) is 20.3. The lowest BCUT2D eigenvalue weighted by Crippen LogP contribution is -2.19. The molecule has 1 N–H and O–H groups in total. The van der Waals surface area contributed by atoms with Crippen molar-refractivity contribution in [1.29, 1.82) is 0 Å². The van der Waals surface area contributed by atoms with Crippen LogP contribution < -0.4 is 19.8 Å². The number of amides is 1. The number of carbonyl (C=O) groups is 1. The Hall–Kier alpha value is -3.39. The molecule has 0 atom stereocenters. The SMILES string of the molecule is COc1cc(/C=N\NC(=O)c2ccc(N3CCCC3)cc2)c(Br)cc1OCc1cccc(F)c1. The van der Waals surface area contributed by atoms with Gasteiger partial charge in [-0.3, -0.25) is 4.79 Å². The summed E-state index contributed by atoms with van der Waals surface area (Å²) < 4.78 is 25.3. The number of benzene rings is 3. The number of halogens is 2. The highest BCUT2D eigenvalue weighted by Crippen LogP contribution is 2.33. The van der Waals surface area contributed by atoms with E-state index in [0.717, 1.165) is 18.8 Å². The number of nitrogens with one attached hydrogen (secondary N) is 1. The van der Waals surface area contributed by atoms with Crippen LogP contribution in [0.4, 0.5) is 10.1 Å². The smallest absolute Gasteiger partial charge is 0.271 e. The van der Waals surface area contributed by atoms with Gasteiger partial charge in [-0.25, -0.2) is 9.82 Å². The van der Waals surface area contributed by atoms with Gasteiger partial charge in [0.2, 0.25) is 0 Å². The van der Waals surface area contributed by atoms with E-state index in [2.05, 4.69) is 31.4 Å². The number of nitrogens with zero attached hydrogens (tertiary/aromatic N) is 2. The third-order valence-corrected chi connectivity index (χ3v) is 6.22. The molecule has 34 heavy (non-hydrogen) atoms. The van der Waals surface area contributed by atoms with Crippen molar-refractivity contribution in [2.75, 3.05) is 25.1 Å². The van der Waals surface area contributed by atoms with Crippen molar-refractivity contribution < 1.29 is 18.7 Å². The van der Waals surface area contributed by atoms with Crippen molar-refractivity contribution in [3.05, 3.63) is 87.6 Å². The quantitative estimate of drug-likeness (QED) is 0.309. The van der Waals surface area contributed by atoms with Crippen molar-refractivity contribution in [2.24, 2.45) is 5.10 Å². The standard InChI is InChI=1S/C26H25BrFN3O3/c1-33-24-14-20(23(27)15-25(24)34-17-18-5-4-6-21(28)13-18)16-29-30-26(32)19-7-9-22(10-8-19)31-11-2-3-12-31/h4-10,13-16H,2-3,11-12,17H2,1H3,(H,30,32)/b29-16-. The lowest BCUT2D eigenvalue weighted by Gasteiger charge is -2.17. The normalized spacial score (nSPS) is 13.3. The zero-order valence-electron chi connectivity index (χ0n) is 18.8. The predicted molar refractivity (Wildman–Crippen MR) is 134 cm³/mol. The first-order chi connectivity index (χ1) is 16.5. The Morgan fingerprint density at radius 1 is 1.12 bits per heavy atom. The van der Waals surface area contributed by atoms with Crippen molar-refractivity contribution in [2.45, 2.75) is 19.4 Å². The molecule has 4 rings (SSSR count). The largest absolute Gasteiger partial charge is 0.493 e. The third-order valence-electron chi connectivity index (χ3n) is 5.54. The average Bonchev–Trinajstić information content (AvgIpc) is 3.39. The second-order valence-corrected chi connectivity index (χ2v) is 8.74. The summed E-state index contributed by atoms with van der Waals surface area (Å²) in [6.45, 7) is 2.31. The highest BCUT2D eigenvalue weighted by molar-refractivity contribution is 9.10. The molecule has 0 unspecified atom stereocenters. The molecular formula is C26H25BrFN3O3. The molecule has 1 heterocycles. The Balaban J connectivity index is 1.38. The number of hydrogen-bond donors (Lipinski definition) is 1. The van der Waals surface area contributed by atoms with E-state index < -0.39 is 0 Å². The number of ether oxygens (including phenoxy) is 2. The summed E-state index contributed by atoms with van der Waals surface area (Å²) in [7, 11) is 1.53. The van der Waals surface area contributed by atoms with Crippen LogP contribution in [-0.2, 0) is 6.61 Å². The van der Waals surface area contributed by atoms with Gasteiger partial charge in [0, 0.05) is 34.4 Å². The molecule has 8 heteroatoms. The van der Waals surface area contributed by atoms with Crippen LogP contribution in [0, 0.1) is 5.82 Å². The van der Waals surface area contributed by atoms with Crippen molar-refractivity contribution in [3.63, 3.8) is 0 Å². The van der Waals surface area contributed by atoms with E-state index in [9.17, 15) is 9.18 Å². The minimum absolute atomic E-state index is 0.195. The highest BCUT2D eigenvalue weighted by atomic mass is 79.9. The second-order valence-electron chi connectivity index (χ2n) is 7.88. The van der Waals surface area contributed by atoms with Gasteiger partial charge in [0.1, 0.15) is 12.4 Å². The van der Waals surface area contributed by atoms with Crippen molar-refractivity contribution in [1.82, 2.24) is 5.43 Å². The van der Waals surface area contributed by atoms with Gasteiger partial charge in [-0.05, 0) is 82.9 Å². The molecule has 0 saturated carbocycles. The molecule has 0 bridgehead atoms. The molecule has 6 nitrogen and oxygen atoms in total. The van der Waals surface area contributed by atoms with E-state index in [1.807, 2.05) is 24.3 Å². The maximum Gasteiger partial charge on any atom is 0.271 e. The number of methoxy groups -OCH3 is 1. The highest BCUT2D eigenvalue weighted by Gasteiger charge is 2.13. The Morgan fingerprint density at radius 2 is 1.88 bits per heavy atom. The summed E-state index contributed by atoms with van der Waals surface area (Å²) in [6, 6.07) is 17.3. The average molecular weight is 526 g/mol. The summed E-state index contributed by atoms with van der Waals surface area (Å²) >= 11 is 3.50. The molecule has 1 aliphatic rings. The lowest BCUT2D eigenvalue weighted by molar-refractivity contribution is 0.0955. The van der Waals surface area contributed by atoms with E-state index in [4.69, 9.17) is 9.47 Å². The number of anilines is 1. The van der Waals surface area contributed by atoms with Crippen LogP contribution in [0.1, 0.15) is 34.3 Å². The molecule has 0 spiro atoms. The molecule has 0 aliphatic carbocycles. The molecule has 0 aromatic heterocycles. The van der Waals surface area contributed by atoms with Crippen LogP contribution in [0.2, 0.25) is 0 Å². The molecule has 1 amide bonds. The Kier molecular flexibility index (Phi) is 7.80.